The molecule has 0 aromatic carbocycles. The smallest absolute Gasteiger partial charge is 0.407 e. The Balaban J connectivity index is 0.000000762. The van der Waals surface area contributed by atoms with Gasteiger partial charge in [0.2, 0.25) is 12.3 Å². The minimum atomic E-state index is -0.503. The Bertz CT molecular complexity index is 718. The lowest BCUT2D eigenvalue weighted by atomic mass is 10.1. The first-order chi connectivity index (χ1) is 16.4. The van der Waals surface area contributed by atoms with Crippen molar-refractivity contribution in [3.05, 3.63) is 24.1 Å². The lowest BCUT2D eigenvalue weighted by Gasteiger charge is -2.36. The number of piperazine rings is 1. The Labute approximate surface area is 209 Å². The normalized spacial score (nSPS) is 18.1. The second-order valence-corrected chi connectivity index (χ2v) is 9.72. The number of carbonyl (C=O) groups is 3. The highest BCUT2D eigenvalue weighted by Gasteiger charge is 2.25. The number of likely N-dealkylation sites (tertiary alicyclic amines) is 1. The molecule has 9 nitrogen and oxygen atoms in total. The van der Waals surface area contributed by atoms with Gasteiger partial charge in [-0.3, -0.25) is 14.5 Å². The summed E-state index contributed by atoms with van der Waals surface area (Å²) in [5.74, 6) is -0.0264. The van der Waals surface area contributed by atoms with Crippen molar-refractivity contribution in [1.82, 2.24) is 20.0 Å². The molecule has 2 rings (SSSR count). The minimum Gasteiger partial charge on any atom is -0.444 e. The van der Waals surface area contributed by atoms with Crippen molar-refractivity contribution in [1.29, 1.82) is 0 Å². The van der Waals surface area contributed by atoms with Crippen LogP contribution in [0.15, 0.2) is 24.1 Å². The van der Waals surface area contributed by atoms with Crippen LogP contribution in [-0.2, 0) is 19.1 Å². The fourth-order valence-corrected chi connectivity index (χ4v) is 3.44. The van der Waals surface area contributed by atoms with Crippen LogP contribution in [0.5, 0.6) is 0 Å². The van der Waals surface area contributed by atoms with Gasteiger partial charge in [0.1, 0.15) is 5.60 Å². The Hall–Kier alpha value is -2.46. The van der Waals surface area contributed by atoms with E-state index in [9.17, 15) is 18.8 Å². The van der Waals surface area contributed by atoms with E-state index in [-0.39, 0.29) is 17.8 Å². The summed E-state index contributed by atoms with van der Waals surface area (Å²) in [6, 6.07) is 0. The molecular formula is C25H43FN4O5. The van der Waals surface area contributed by atoms with Gasteiger partial charge in [-0.2, -0.15) is 0 Å². The van der Waals surface area contributed by atoms with Gasteiger partial charge in [0, 0.05) is 45.8 Å². The predicted molar refractivity (Wildman–Crippen MR) is 134 cm³/mol. The summed E-state index contributed by atoms with van der Waals surface area (Å²) in [5.41, 5.74) is 0.108. The number of halogens is 1. The summed E-state index contributed by atoms with van der Waals surface area (Å²) in [4.78, 5) is 40.4. The fraction of sp³-hybridized carbons (Fsp3) is 0.720. The van der Waals surface area contributed by atoms with Gasteiger partial charge < -0.3 is 24.6 Å². The van der Waals surface area contributed by atoms with Crippen molar-refractivity contribution >= 4 is 18.4 Å². The van der Waals surface area contributed by atoms with Crippen molar-refractivity contribution in [3.8, 4) is 0 Å². The largest absolute Gasteiger partial charge is 0.444 e. The number of alkyl carbamates (subject to hydrolysis) is 1. The molecule has 0 bridgehead atoms. The second-order valence-electron chi connectivity index (χ2n) is 9.72. The molecule has 10 heteroatoms. The highest BCUT2D eigenvalue weighted by Crippen LogP contribution is 2.14. The molecule has 0 spiro atoms. The molecule has 0 saturated carbocycles. The number of carbonyl (C=O) groups excluding carboxylic acids is 3. The average molecular weight is 499 g/mol. The summed E-state index contributed by atoms with van der Waals surface area (Å²) in [6.45, 7) is 17.3. The zero-order chi connectivity index (χ0) is 26.4. The van der Waals surface area contributed by atoms with E-state index in [0.717, 1.165) is 32.3 Å². The summed E-state index contributed by atoms with van der Waals surface area (Å²) in [6.07, 6.45) is 3.81. The molecule has 2 aliphatic rings. The molecule has 2 fully saturated rings. The number of hydrogen-bond donors (Lipinski definition) is 1. The molecular weight excluding hydrogens is 455 g/mol. The van der Waals surface area contributed by atoms with E-state index < -0.39 is 11.7 Å². The van der Waals surface area contributed by atoms with E-state index in [4.69, 9.17) is 9.47 Å². The topological polar surface area (TPSA) is 91.4 Å². The minimum absolute atomic E-state index is 0.131. The number of amides is 3. The predicted octanol–water partition coefficient (Wildman–Crippen LogP) is 2.73. The van der Waals surface area contributed by atoms with Gasteiger partial charge >= 0.3 is 6.09 Å². The van der Waals surface area contributed by atoms with Gasteiger partial charge in [-0.25, -0.2) is 9.18 Å². The van der Waals surface area contributed by atoms with Crippen LogP contribution in [0, 0.1) is 0 Å². The van der Waals surface area contributed by atoms with Crippen molar-refractivity contribution in [3.63, 3.8) is 0 Å². The number of ether oxygens (including phenoxy) is 2. The Morgan fingerprint density at radius 2 is 1.69 bits per heavy atom. The van der Waals surface area contributed by atoms with Crippen LogP contribution in [-0.4, -0.2) is 104 Å². The molecule has 2 aliphatic heterocycles. The molecule has 0 unspecified atom stereocenters. The first kappa shape index (κ1) is 30.6. The van der Waals surface area contributed by atoms with E-state index in [2.05, 4.69) is 16.8 Å². The van der Waals surface area contributed by atoms with Crippen molar-refractivity contribution in [2.24, 2.45) is 0 Å². The Kier molecular flexibility index (Phi) is 13.6. The molecule has 0 radical (unpaired) electrons. The van der Waals surface area contributed by atoms with Crippen LogP contribution < -0.4 is 5.32 Å². The van der Waals surface area contributed by atoms with Gasteiger partial charge in [-0.15, -0.1) is 0 Å². The van der Waals surface area contributed by atoms with Crippen molar-refractivity contribution < 1.29 is 28.2 Å². The zero-order valence-corrected chi connectivity index (χ0v) is 22.0. The summed E-state index contributed by atoms with van der Waals surface area (Å²) < 4.78 is 22.9. The third kappa shape index (κ3) is 13.3. The number of allylic oxidation sites excluding steroid dienone is 3. The van der Waals surface area contributed by atoms with E-state index in [1.165, 1.54) is 13.0 Å². The standard InChI is InChI=1S/C19H34N4O5.C6H9F/c1-19(2,3)28-18(26)20-6-13-27-16-4-7-21(8-5-16)14-17(25)23-11-9-22(15-24)10-12-23;1-4-5(2)6(3)7/h15-16H,4-14H2,1-3H3,(H,20,26);4H,1H2,2-3H3/b;6-5+. The summed E-state index contributed by atoms with van der Waals surface area (Å²) in [5, 5.41) is 2.69. The highest BCUT2D eigenvalue weighted by molar-refractivity contribution is 5.78. The zero-order valence-electron chi connectivity index (χ0n) is 22.0. The Morgan fingerprint density at radius 3 is 2.14 bits per heavy atom. The second kappa shape index (κ2) is 15.5. The maximum atomic E-state index is 12.4. The lowest BCUT2D eigenvalue weighted by molar-refractivity contribution is -0.136. The molecule has 3 amide bonds. The summed E-state index contributed by atoms with van der Waals surface area (Å²) in [7, 11) is 0. The molecule has 0 aromatic heterocycles. The first-order valence-corrected chi connectivity index (χ1v) is 12.2. The number of nitrogens with zero attached hydrogens (tertiary/aromatic N) is 3. The summed E-state index contributed by atoms with van der Waals surface area (Å²) >= 11 is 0. The van der Waals surface area contributed by atoms with Crippen LogP contribution in [0.1, 0.15) is 47.5 Å². The number of piperidine rings is 1. The molecule has 0 aromatic rings. The van der Waals surface area contributed by atoms with Gasteiger partial charge in [0.25, 0.3) is 0 Å². The third-order valence-electron chi connectivity index (χ3n) is 5.68. The van der Waals surface area contributed by atoms with Gasteiger partial charge in [-0.1, -0.05) is 12.7 Å². The van der Waals surface area contributed by atoms with Crippen LogP contribution in [0.25, 0.3) is 0 Å². The maximum Gasteiger partial charge on any atom is 0.407 e. The maximum absolute atomic E-state index is 12.4. The van der Waals surface area contributed by atoms with Gasteiger partial charge in [-0.05, 0) is 53.0 Å². The van der Waals surface area contributed by atoms with Crippen molar-refractivity contribution in [2.45, 2.75) is 59.2 Å². The molecule has 35 heavy (non-hydrogen) atoms. The third-order valence-corrected chi connectivity index (χ3v) is 5.68. The van der Waals surface area contributed by atoms with Gasteiger partial charge in [0.15, 0.2) is 0 Å². The average Bonchev–Trinajstić information content (AvgIpc) is 2.81. The van der Waals surface area contributed by atoms with E-state index in [1.54, 1.807) is 11.8 Å². The first-order valence-electron chi connectivity index (χ1n) is 12.2. The van der Waals surface area contributed by atoms with Crippen LogP contribution >= 0.6 is 0 Å². The molecule has 2 heterocycles. The number of hydrogen-bond acceptors (Lipinski definition) is 6. The molecule has 2 saturated heterocycles. The highest BCUT2D eigenvalue weighted by atomic mass is 19.1. The van der Waals surface area contributed by atoms with E-state index in [1.807, 2.05) is 25.7 Å². The van der Waals surface area contributed by atoms with Crippen molar-refractivity contribution in [2.75, 3.05) is 59.0 Å². The number of rotatable bonds is 8. The quantitative estimate of drug-likeness (QED) is 0.314. The SMILES string of the molecule is C=C/C(C)=C(\C)F.CC(C)(C)OC(=O)NCCOC1CCN(CC(=O)N2CCN(C=O)CC2)CC1. The van der Waals surface area contributed by atoms with Crippen LogP contribution in [0.3, 0.4) is 0 Å². The molecule has 0 atom stereocenters. The number of nitrogens with one attached hydrogen (secondary N) is 1. The molecule has 1 N–H and O–H groups in total. The molecule has 200 valence electrons. The van der Waals surface area contributed by atoms with Crippen LogP contribution in [0.4, 0.5) is 9.18 Å². The Morgan fingerprint density at radius 1 is 1.09 bits per heavy atom. The van der Waals surface area contributed by atoms with E-state index >= 15 is 0 Å². The lowest BCUT2D eigenvalue weighted by Crippen LogP contribution is -2.51. The fourth-order valence-electron chi connectivity index (χ4n) is 3.44. The van der Waals surface area contributed by atoms with Gasteiger partial charge in [0.05, 0.1) is 25.1 Å². The monoisotopic (exact) mass is 498 g/mol. The van der Waals surface area contributed by atoms with E-state index in [0.29, 0.717) is 51.4 Å². The van der Waals surface area contributed by atoms with Crippen LogP contribution in [0.2, 0.25) is 0 Å². The molecule has 0 aliphatic carbocycles.